The van der Waals surface area contributed by atoms with Crippen LogP contribution in [0, 0.1) is 17.0 Å². The van der Waals surface area contributed by atoms with Crippen LogP contribution in [0.2, 0.25) is 0 Å². The van der Waals surface area contributed by atoms with Gasteiger partial charge in [-0.2, -0.15) is 5.10 Å². The Morgan fingerprint density at radius 1 is 1.29 bits per heavy atom. The van der Waals surface area contributed by atoms with E-state index >= 15 is 0 Å². The predicted octanol–water partition coefficient (Wildman–Crippen LogP) is 2.68. The van der Waals surface area contributed by atoms with Gasteiger partial charge in [0.05, 0.1) is 4.92 Å². The maximum Gasteiger partial charge on any atom is 0.294 e. The van der Waals surface area contributed by atoms with Crippen LogP contribution in [0.4, 0.5) is 10.8 Å². The van der Waals surface area contributed by atoms with Gasteiger partial charge in [-0.15, -0.1) is 10.2 Å². The minimum absolute atomic E-state index is 0.150. The third-order valence-corrected chi connectivity index (χ3v) is 4.92. The van der Waals surface area contributed by atoms with E-state index in [1.165, 1.54) is 40.3 Å². The van der Waals surface area contributed by atoms with Crippen molar-refractivity contribution >= 4 is 28.1 Å². The number of nitrogens with one attached hydrogen (secondary N) is 1. The lowest BCUT2D eigenvalue weighted by Crippen LogP contribution is -2.27. The molecule has 0 saturated carbocycles. The van der Waals surface area contributed by atoms with Crippen molar-refractivity contribution in [2.45, 2.75) is 26.7 Å². The molecular formula is C17H16N6O4S. The minimum atomic E-state index is -0.760. The molecule has 2 heterocycles. The van der Waals surface area contributed by atoms with Crippen LogP contribution in [-0.2, 0) is 0 Å². The van der Waals surface area contributed by atoms with Crippen molar-refractivity contribution in [3.63, 3.8) is 0 Å². The lowest BCUT2D eigenvalue weighted by atomic mass is 10.2. The predicted molar refractivity (Wildman–Crippen MR) is 103 cm³/mol. The summed E-state index contributed by atoms with van der Waals surface area (Å²) in [7, 11) is 0. The van der Waals surface area contributed by atoms with Gasteiger partial charge >= 0.3 is 0 Å². The lowest BCUT2D eigenvalue weighted by Gasteiger charge is -2.11. The molecule has 0 aliphatic rings. The molecule has 0 atom stereocenters. The molecule has 0 fully saturated rings. The first-order valence-corrected chi connectivity index (χ1v) is 9.09. The molecule has 0 bridgehead atoms. The molecule has 1 N–H and O–H groups in total. The highest BCUT2D eigenvalue weighted by Gasteiger charge is 2.21. The van der Waals surface area contributed by atoms with E-state index in [0.717, 1.165) is 5.01 Å². The summed E-state index contributed by atoms with van der Waals surface area (Å²) < 4.78 is 1.20. The Kier molecular flexibility index (Phi) is 5.27. The second kappa shape index (κ2) is 7.64. The Morgan fingerprint density at radius 2 is 2.00 bits per heavy atom. The summed E-state index contributed by atoms with van der Waals surface area (Å²) >= 11 is 1.20. The van der Waals surface area contributed by atoms with Crippen LogP contribution in [0.1, 0.15) is 41.0 Å². The number of carbonyl (C=O) groups is 1. The Labute approximate surface area is 163 Å². The number of aromatic nitrogens is 4. The van der Waals surface area contributed by atoms with Crippen LogP contribution in [0.15, 0.2) is 35.1 Å². The molecule has 0 aliphatic heterocycles. The zero-order valence-electron chi connectivity index (χ0n) is 15.2. The lowest BCUT2D eigenvalue weighted by molar-refractivity contribution is -0.384. The van der Waals surface area contributed by atoms with Gasteiger partial charge in [0.1, 0.15) is 10.7 Å². The van der Waals surface area contributed by atoms with Crippen LogP contribution in [0.25, 0.3) is 5.69 Å². The first-order valence-electron chi connectivity index (χ1n) is 8.27. The molecule has 0 radical (unpaired) electrons. The summed E-state index contributed by atoms with van der Waals surface area (Å²) in [5, 5.41) is 26.7. The van der Waals surface area contributed by atoms with Crippen molar-refractivity contribution in [2.24, 2.45) is 0 Å². The maximum atomic E-state index is 12.5. The van der Waals surface area contributed by atoms with E-state index in [4.69, 9.17) is 0 Å². The standard InChI is InChI=1S/C17H16N6O4S/c1-9(2)16-19-20-17(28-16)18-15(25)14-13(24)8-10(3)22(21-14)11-6-4-5-7-12(11)23(26)27/h4-9H,1-3H3,(H,18,20,25). The number of carbonyl (C=O) groups excluding carboxylic acids is 1. The molecule has 3 rings (SSSR count). The zero-order chi connectivity index (χ0) is 20.4. The normalized spacial score (nSPS) is 10.9. The molecule has 10 nitrogen and oxygen atoms in total. The molecule has 28 heavy (non-hydrogen) atoms. The van der Waals surface area contributed by atoms with Crippen LogP contribution in [0.5, 0.6) is 0 Å². The average Bonchev–Trinajstić information content (AvgIpc) is 3.10. The second-order valence-corrected chi connectivity index (χ2v) is 7.22. The number of benzene rings is 1. The first kappa shape index (κ1) is 19.3. The van der Waals surface area contributed by atoms with Gasteiger partial charge in [-0.1, -0.05) is 37.3 Å². The third-order valence-electron chi connectivity index (χ3n) is 3.78. The van der Waals surface area contributed by atoms with Crippen LogP contribution in [-0.4, -0.2) is 30.8 Å². The van der Waals surface area contributed by atoms with Gasteiger partial charge in [-0.05, 0) is 13.0 Å². The van der Waals surface area contributed by atoms with Gasteiger partial charge in [-0.3, -0.25) is 25.0 Å². The summed E-state index contributed by atoms with van der Waals surface area (Å²) in [5.74, 6) is -0.611. The zero-order valence-corrected chi connectivity index (χ0v) is 16.1. The summed E-state index contributed by atoms with van der Waals surface area (Å²) in [6, 6.07) is 7.15. The van der Waals surface area contributed by atoms with Gasteiger partial charge in [0, 0.05) is 23.7 Å². The number of nitro groups is 1. The summed E-state index contributed by atoms with van der Waals surface area (Å²) in [6.45, 7) is 5.46. The Morgan fingerprint density at radius 3 is 2.64 bits per heavy atom. The van der Waals surface area contributed by atoms with Crippen LogP contribution in [0.3, 0.4) is 0 Å². The van der Waals surface area contributed by atoms with Gasteiger partial charge in [0.2, 0.25) is 10.6 Å². The van der Waals surface area contributed by atoms with E-state index in [1.54, 1.807) is 13.0 Å². The maximum absolute atomic E-state index is 12.5. The van der Waals surface area contributed by atoms with E-state index in [-0.39, 0.29) is 22.4 Å². The van der Waals surface area contributed by atoms with Crippen molar-refractivity contribution in [3.05, 3.63) is 67.1 Å². The molecule has 144 valence electrons. The smallest absolute Gasteiger partial charge is 0.294 e. The number of hydrogen-bond donors (Lipinski definition) is 1. The topological polar surface area (TPSA) is 133 Å². The SMILES string of the molecule is Cc1cc(=O)c(C(=O)Nc2nnc(C(C)C)s2)nn1-c1ccccc1[N+](=O)[O-]. The number of rotatable bonds is 5. The summed E-state index contributed by atoms with van der Waals surface area (Å²) in [5.41, 5.74) is -0.687. The van der Waals surface area contributed by atoms with Crippen molar-refractivity contribution in [2.75, 3.05) is 5.32 Å². The van der Waals surface area contributed by atoms with E-state index in [1.807, 2.05) is 13.8 Å². The number of nitro benzene ring substituents is 1. The molecule has 11 heteroatoms. The largest absolute Gasteiger partial charge is 0.295 e. The van der Waals surface area contributed by atoms with Crippen molar-refractivity contribution in [3.8, 4) is 5.69 Å². The van der Waals surface area contributed by atoms with E-state index in [0.29, 0.717) is 5.69 Å². The fraction of sp³-hybridized carbons (Fsp3) is 0.235. The quantitative estimate of drug-likeness (QED) is 0.514. The molecule has 1 aromatic carbocycles. The monoisotopic (exact) mass is 400 g/mol. The molecule has 0 saturated heterocycles. The fourth-order valence-corrected chi connectivity index (χ4v) is 3.16. The Bertz CT molecular complexity index is 1120. The molecule has 0 spiro atoms. The minimum Gasteiger partial charge on any atom is -0.295 e. The van der Waals surface area contributed by atoms with Crippen molar-refractivity contribution in [1.29, 1.82) is 0 Å². The number of hydrogen-bond acceptors (Lipinski definition) is 8. The van der Waals surface area contributed by atoms with Crippen molar-refractivity contribution in [1.82, 2.24) is 20.0 Å². The number of aryl methyl sites for hydroxylation is 1. The van der Waals surface area contributed by atoms with Crippen molar-refractivity contribution < 1.29 is 9.72 Å². The van der Waals surface area contributed by atoms with Gasteiger partial charge in [0.15, 0.2) is 5.69 Å². The summed E-state index contributed by atoms with van der Waals surface area (Å²) in [4.78, 5) is 35.6. The van der Waals surface area contributed by atoms with Crippen LogP contribution < -0.4 is 10.7 Å². The summed E-state index contributed by atoms with van der Waals surface area (Å²) in [6.07, 6.45) is 0. The number of amides is 1. The van der Waals surface area contributed by atoms with E-state index in [9.17, 15) is 19.7 Å². The van der Waals surface area contributed by atoms with Gasteiger partial charge in [0.25, 0.3) is 11.6 Å². The highest BCUT2D eigenvalue weighted by Crippen LogP contribution is 2.24. The van der Waals surface area contributed by atoms with E-state index in [2.05, 4.69) is 20.6 Å². The second-order valence-electron chi connectivity index (χ2n) is 6.21. The van der Waals surface area contributed by atoms with Crippen LogP contribution >= 0.6 is 11.3 Å². The third kappa shape index (κ3) is 3.78. The molecule has 1 amide bonds. The molecule has 2 aromatic heterocycles. The Hall–Kier alpha value is -3.47. The number of para-hydroxylation sites is 2. The molecule has 0 aliphatic carbocycles. The number of nitrogens with zero attached hydrogens (tertiary/aromatic N) is 5. The highest BCUT2D eigenvalue weighted by molar-refractivity contribution is 7.15. The fourth-order valence-electron chi connectivity index (χ4n) is 2.42. The number of anilines is 1. The molecule has 3 aromatic rings. The average molecular weight is 400 g/mol. The highest BCUT2D eigenvalue weighted by atomic mass is 32.1. The Balaban J connectivity index is 2.01. The first-order chi connectivity index (χ1) is 13.3. The van der Waals surface area contributed by atoms with E-state index < -0.39 is 22.0 Å². The molecule has 0 unspecified atom stereocenters. The van der Waals surface area contributed by atoms with Gasteiger partial charge < -0.3 is 0 Å². The molecular weight excluding hydrogens is 384 g/mol. The van der Waals surface area contributed by atoms with Gasteiger partial charge in [-0.25, -0.2) is 4.68 Å².